The van der Waals surface area contributed by atoms with Crippen LogP contribution in [0.2, 0.25) is 0 Å². The van der Waals surface area contributed by atoms with Crippen LogP contribution in [0.15, 0.2) is 200 Å². The molecule has 0 saturated carbocycles. The molecular weight excluding hydrogens is 759 g/mol. The quantitative estimate of drug-likeness (QED) is 0.162. The lowest BCUT2D eigenvalue weighted by Crippen LogP contribution is -2.09. The molecule has 0 bridgehead atoms. The van der Waals surface area contributed by atoms with Crippen molar-refractivity contribution in [1.82, 2.24) is 0 Å². The Bertz CT molecular complexity index is 3500. The second-order valence-electron chi connectivity index (χ2n) is 14.8. The number of fused-ring (bicyclic) bond motifs is 10. The zero-order valence-corrected chi connectivity index (χ0v) is 33.7. The van der Waals surface area contributed by atoms with E-state index in [0.29, 0.717) is 0 Å². The van der Waals surface area contributed by atoms with Crippen molar-refractivity contribution < 1.29 is 0 Å². The highest BCUT2D eigenvalue weighted by molar-refractivity contribution is 7.30. The van der Waals surface area contributed by atoms with E-state index >= 15 is 0 Å². The van der Waals surface area contributed by atoms with E-state index in [1.807, 2.05) is 34.0 Å². The molecular formula is C54H33NS3. The molecule has 12 aromatic rings. The Balaban J connectivity index is 0.980. The summed E-state index contributed by atoms with van der Waals surface area (Å²) in [6.07, 6.45) is 0. The second-order valence-corrected chi connectivity index (χ2v) is 18.0. The number of hydrogen-bond acceptors (Lipinski definition) is 4. The fourth-order valence-electron chi connectivity index (χ4n) is 8.78. The molecule has 0 atom stereocenters. The summed E-state index contributed by atoms with van der Waals surface area (Å²) in [5, 5.41) is 8.00. The molecule has 1 nitrogen and oxygen atoms in total. The number of rotatable bonds is 6. The summed E-state index contributed by atoms with van der Waals surface area (Å²) in [6, 6.07) is 73.6. The molecule has 3 aromatic heterocycles. The van der Waals surface area contributed by atoms with E-state index in [9.17, 15) is 0 Å². The molecule has 0 aliphatic carbocycles. The summed E-state index contributed by atoms with van der Waals surface area (Å²) in [6.45, 7) is 0. The van der Waals surface area contributed by atoms with Crippen molar-refractivity contribution >= 4 is 112 Å². The average Bonchev–Trinajstić information content (AvgIpc) is 3.98. The minimum Gasteiger partial charge on any atom is -0.310 e. The van der Waals surface area contributed by atoms with Crippen LogP contribution in [0.3, 0.4) is 0 Å². The number of nitrogens with zero attached hydrogens (tertiary/aromatic N) is 1. The molecule has 9 aromatic carbocycles. The average molecular weight is 792 g/mol. The Morgan fingerprint density at radius 1 is 0.276 bits per heavy atom. The van der Waals surface area contributed by atoms with Crippen LogP contribution in [0.25, 0.3) is 93.9 Å². The van der Waals surface area contributed by atoms with E-state index in [1.165, 1.54) is 93.9 Å². The van der Waals surface area contributed by atoms with E-state index in [4.69, 9.17) is 0 Å². The van der Waals surface area contributed by atoms with E-state index < -0.39 is 0 Å². The molecule has 58 heavy (non-hydrogen) atoms. The van der Waals surface area contributed by atoms with Crippen molar-refractivity contribution in [1.29, 1.82) is 0 Å². The van der Waals surface area contributed by atoms with Crippen LogP contribution in [-0.2, 0) is 0 Å². The molecule has 0 radical (unpaired) electrons. The third-order valence-corrected chi connectivity index (χ3v) is 15.1. The maximum atomic E-state index is 2.40. The van der Waals surface area contributed by atoms with Gasteiger partial charge in [0.15, 0.2) is 0 Å². The van der Waals surface area contributed by atoms with Gasteiger partial charge >= 0.3 is 0 Å². The fourth-order valence-corrected chi connectivity index (χ4v) is 12.4. The maximum absolute atomic E-state index is 2.40. The molecule has 0 N–H and O–H groups in total. The molecule has 0 unspecified atom stereocenters. The third-order valence-electron chi connectivity index (χ3n) is 11.5. The molecule has 0 aliphatic heterocycles. The zero-order valence-electron chi connectivity index (χ0n) is 31.2. The van der Waals surface area contributed by atoms with Crippen LogP contribution >= 0.6 is 34.0 Å². The van der Waals surface area contributed by atoms with E-state index in [-0.39, 0.29) is 0 Å². The molecule has 0 spiro atoms. The third kappa shape index (κ3) is 5.41. The SMILES string of the molecule is c1ccc(-c2ccccc2-c2ccc(N(c3ccc(-c4cccc5c4sc4c5ccc5sc6ccccc6c54)cc3)c3ccc4sc5ccccc5c4c3)cc2)cc1. The number of anilines is 3. The molecule has 0 saturated heterocycles. The summed E-state index contributed by atoms with van der Waals surface area (Å²) < 4.78 is 8.04. The first-order valence-electron chi connectivity index (χ1n) is 19.6. The molecule has 3 heterocycles. The van der Waals surface area contributed by atoms with Crippen molar-refractivity contribution in [2.24, 2.45) is 0 Å². The molecule has 12 rings (SSSR count). The summed E-state index contributed by atoms with van der Waals surface area (Å²) in [5.41, 5.74) is 10.8. The predicted molar refractivity (Wildman–Crippen MR) is 256 cm³/mol. The van der Waals surface area contributed by atoms with Crippen molar-refractivity contribution in [2.45, 2.75) is 0 Å². The highest BCUT2D eigenvalue weighted by Crippen LogP contribution is 2.47. The number of hydrogen-bond donors (Lipinski definition) is 0. The van der Waals surface area contributed by atoms with Gasteiger partial charge in [-0.05, 0) is 94.0 Å². The zero-order chi connectivity index (χ0) is 38.2. The van der Waals surface area contributed by atoms with E-state index in [1.54, 1.807) is 0 Å². The number of benzene rings is 9. The van der Waals surface area contributed by atoms with Crippen LogP contribution in [-0.4, -0.2) is 0 Å². The maximum Gasteiger partial charge on any atom is 0.0468 e. The van der Waals surface area contributed by atoms with E-state index in [0.717, 1.165) is 17.1 Å². The van der Waals surface area contributed by atoms with Crippen molar-refractivity contribution in [3.63, 3.8) is 0 Å². The normalized spacial score (nSPS) is 11.8. The fraction of sp³-hybridized carbons (Fsp3) is 0. The van der Waals surface area contributed by atoms with Gasteiger partial charge < -0.3 is 4.90 Å². The van der Waals surface area contributed by atoms with Crippen LogP contribution in [0.5, 0.6) is 0 Å². The first-order valence-corrected chi connectivity index (χ1v) is 22.0. The van der Waals surface area contributed by atoms with Gasteiger partial charge in [0.1, 0.15) is 0 Å². The van der Waals surface area contributed by atoms with Gasteiger partial charge in [0, 0.05) is 77.6 Å². The Morgan fingerprint density at radius 2 is 0.776 bits per heavy atom. The van der Waals surface area contributed by atoms with Gasteiger partial charge in [-0.2, -0.15) is 0 Å². The monoisotopic (exact) mass is 791 g/mol. The lowest BCUT2D eigenvalue weighted by atomic mass is 9.94. The molecule has 4 heteroatoms. The summed E-state index contributed by atoms with van der Waals surface area (Å²) >= 11 is 5.68. The van der Waals surface area contributed by atoms with Gasteiger partial charge in [0.05, 0.1) is 0 Å². The van der Waals surface area contributed by atoms with Gasteiger partial charge in [0.2, 0.25) is 0 Å². The Labute approximate surface area is 347 Å². The molecule has 272 valence electrons. The molecule has 0 amide bonds. The second kappa shape index (κ2) is 13.5. The molecule has 0 fully saturated rings. The van der Waals surface area contributed by atoms with Crippen LogP contribution in [0, 0.1) is 0 Å². The number of thiophene rings is 3. The lowest BCUT2D eigenvalue weighted by molar-refractivity contribution is 1.29. The van der Waals surface area contributed by atoms with Crippen molar-refractivity contribution in [2.75, 3.05) is 4.90 Å². The van der Waals surface area contributed by atoms with Crippen molar-refractivity contribution in [3.05, 3.63) is 200 Å². The Morgan fingerprint density at radius 3 is 1.52 bits per heavy atom. The summed E-state index contributed by atoms with van der Waals surface area (Å²) in [5.74, 6) is 0. The predicted octanol–water partition coefficient (Wildman–Crippen LogP) is 17.3. The van der Waals surface area contributed by atoms with Crippen LogP contribution in [0.1, 0.15) is 0 Å². The smallest absolute Gasteiger partial charge is 0.0468 e. The van der Waals surface area contributed by atoms with Crippen molar-refractivity contribution in [3.8, 4) is 33.4 Å². The molecule has 0 aliphatic rings. The lowest BCUT2D eigenvalue weighted by Gasteiger charge is -2.26. The van der Waals surface area contributed by atoms with Gasteiger partial charge in [-0.3, -0.25) is 0 Å². The topological polar surface area (TPSA) is 3.24 Å². The van der Waals surface area contributed by atoms with Gasteiger partial charge in [-0.1, -0.05) is 140 Å². The first-order chi connectivity index (χ1) is 28.7. The summed E-state index contributed by atoms with van der Waals surface area (Å²) in [4.78, 5) is 2.40. The highest BCUT2D eigenvalue weighted by Gasteiger charge is 2.19. The first kappa shape index (κ1) is 33.6. The van der Waals surface area contributed by atoms with Crippen LogP contribution in [0.4, 0.5) is 17.1 Å². The minimum absolute atomic E-state index is 1.12. The largest absolute Gasteiger partial charge is 0.310 e. The van der Waals surface area contributed by atoms with Gasteiger partial charge in [-0.25, -0.2) is 0 Å². The van der Waals surface area contributed by atoms with Crippen LogP contribution < -0.4 is 4.90 Å². The standard InChI is InChI=1S/C54H33NS3/c1-2-11-34(12-3-1)40-13-4-5-14-41(40)35-21-25-37(26-22-35)55(39-29-31-50-47(33-39)43-15-6-8-19-48(43)56-50)38-27-23-36(24-28-38)42-17-10-18-44-45-30-32-51-52(54(45)58-53(42)44)46-16-7-9-20-49(46)57-51/h1-33H. The van der Waals surface area contributed by atoms with E-state index in [2.05, 4.69) is 205 Å². The van der Waals surface area contributed by atoms with Gasteiger partial charge in [0.25, 0.3) is 0 Å². The minimum atomic E-state index is 1.12. The summed E-state index contributed by atoms with van der Waals surface area (Å²) in [7, 11) is 0. The Hall–Kier alpha value is -6.56. The highest BCUT2D eigenvalue weighted by atomic mass is 32.1. The Kier molecular flexibility index (Phi) is 7.83. The van der Waals surface area contributed by atoms with Gasteiger partial charge in [-0.15, -0.1) is 34.0 Å².